The Labute approximate surface area is 111 Å². The van der Waals surface area contributed by atoms with E-state index in [1.54, 1.807) is 23.9 Å². The lowest BCUT2D eigenvalue weighted by Gasteiger charge is -2.08. The second-order valence-electron chi connectivity index (χ2n) is 4.05. The normalized spacial score (nSPS) is 12.4. The minimum atomic E-state index is -0.394. The first-order chi connectivity index (χ1) is 8.69. The molecule has 0 saturated carbocycles. The number of rotatable bonds is 4. The topological polar surface area (TPSA) is 20.2 Å². The number of aliphatic hydroxyl groups excluding tert-OH is 1. The van der Waals surface area contributed by atoms with Gasteiger partial charge in [0.05, 0.1) is 6.10 Å². The Hall–Kier alpha value is -1.32. The molecule has 94 valence electrons. The first-order valence-electron chi connectivity index (χ1n) is 5.90. The molecule has 18 heavy (non-hydrogen) atoms. The quantitative estimate of drug-likeness (QED) is 0.880. The third-order valence-electron chi connectivity index (χ3n) is 2.70. The van der Waals surface area contributed by atoms with Crippen LogP contribution in [0.2, 0.25) is 0 Å². The van der Waals surface area contributed by atoms with Gasteiger partial charge in [-0.3, -0.25) is 0 Å². The van der Waals surface area contributed by atoms with Crippen LogP contribution < -0.4 is 0 Å². The van der Waals surface area contributed by atoms with Gasteiger partial charge in [-0.2, -0.15) is 0 Å². The summed E-state index contributed by atoms with van der Waals surface area (Å²) < 4.78 is 12.8. The highest BCUT2D eigenvalue weighted by Gasteiger charge is 2.04. The van der Waals surface area contributed by atoms with E-state index >= 15 is 0 Å². The van der Waals surface area contributed by atoms with Crippen molar-refractivity contribution in [1.82, 2.24) is 0 Å². The van der Waals surface area contributed by atoms with Crippen molar-refractivity contribution in [3.8, 4) is 0 Å². The molecule has 1 atom stereocenters. The van der Waals surface area contributed by atoms with Gasteiger partial charge in [0.25, 0.3) is 0 Å². The van der Waals surface area contributed by atoms with E-state index in [0.29, 0.717) is 6.42 Å². The maximum atomic E-state index is 12.8. The van der Waals surface area contributed by atoms with Crippen molar-refractivity contribution < 1.29 is 9.50 Å². The molecule has 2 rings (SSSR count). The molecule has 0 amide bonds. The molecule has 0 bridgehead atoms. The maximum Gasteiger partial charge on any atom is 0.123 e. The van der Waals surface area contributed by atoms with Gasteiger partial charge < -0.3 is 5.11 Å². The molecular weight excluding hydrogens is 247 g/mol. The van der Waals surface area contributed by atoms with Gasteiger partial charge in [0.1, 0.15) is 5.82 Å². The number of aliphatic hydroxyl groups is 1. The molecule has 0 aliphatic heterocycles. The third-order valence-corrected chi connectivity index (χ3v) is 3.72. The Kier molecular flexibility index (Phi) is 4.39. The Morgan fingerprint density at radius 1 is 1.00 bits per heavy atom. The van der Waals surface area contributed by atoms with Crippen molar-refractivity contribution in [2.45, 2.75) is 29.2 Å². The summed E-state index contributed by atoms with van der Waals surface area (Å²) >= 11 is 1.58. The fourth-order valence-electron chi connectivity index (χ4n) is 1.63. The second kappa shape index (κ2) is 6.03. The van der Waals surface area contributed by atoms with Gasteiger partial charge in [-0.05, 0) is 48.4 Å². The monoisotopic (exact) mass is 262 g/mol. The summed E-state index contributed by atoms with van der Waals surface area (Å²) in [4.78, 5) is 2.08. The van der Waals surface area contributed by atoms with Crippen LogP contribution in [0.15, 0.2) is 58.3 Å². The first kappa shape index (κ1) is 13.1. The SMILES string of the molecule is CC[C@@H](O)c1ccc(Sc2ccc(F)cc2)cc1. The third kappa shape index (κ3) is 3.34. The predicted octanol–water partition coefficient (Wildman–Crippen LogP) is 4.42. The lowest BCUT2D eigenvalue weighted by atomic mass is 10.1. The van der Waals surface area contributed by atoms with Crippen molar-refractivity contribution in [3.63, 3.8) is 0 Å². The highest BCUT2D eigenvalue weighted by molar-refractivity contribution is 7.99. The summed E-state index contributed by atoms with van der Waals surface area (Å²) in [7, 11) is 0. The summed E-state index contributed by atoms with van der Waals surface area (Å²) in [5.41, 5.74) is 0.931. The standard InChI is InChI=1S/C15H15FOS/c1-2-15(17)11-3-7-13(8-4-11)18-14-9-5-12(16)6-10-14/h3-10,15,17H,2H2,1H3/t15-/m1/s1. The van der Waals surface area contributed by atoms with E-state index in [9.17, 15) is 9.50 Å². The van der Waals surface area contributed by atoms with Crippen LogP contribution in [-0.2, 0) is 0 Å². The summed E-state index contributed by atoms with van der Waals surface area (Å²) in [6.07, 6.45) is 0.319. The zero-order chi connectivity index (χ0) is 13.0. The zero-order valence-electron chi connectivity index (χ0n) is 10.1. The molecule has 3 heteroatoms. The molecule has 2 aromatic rings. The molecule has 0 unspecified atom stereocenters. The van der Waals surface area contributed by atoms with Crippen molar-refractivity contribution in [2.24, 2.45) is 0 Å². The smallest absolute Gasteiger partial charge is 0.123 e. The van der Waals surface area contributed by atoms with E-state index in [1.165, 1.54) is 12.1 Å². The van der Waals surface area contributed by atoms with Crippen molar-refractivity contribution in [1.29, 1.82) is 0 Å². The molecule has 2 aromatic carbocycles. The van der Waals surface area contributed by atoms with Gasteiger partial charge in [0.2, 0.25) is 0 Å². The van der Waals surface area contributed by atoms with Crippen molar-refractivity contribution >= 4 is 11.8 Å². The molecule has 0 spiro atoms. The molecule has 1 nitrogen and oxygen atoms in total. The molecule has 1 N–H and O–H groups in total. The van der Waals surface area contributed by atoms with Gasteiger partial charge in [-0.15, -0.1) is 0 Å². The highest BCUT2D eigenvalue weighted by Crippen LogP contribution is 2.29. The first-order valence-corrected chi connectivity index (χ1v) is 6.72. The summed E-state index contributed by atoms with van der Waals surface area (Å²) in [6.45, 7) is 1.95. The average Bonchev–Trinajstić information content (AvgIpc) is 2.41. The molecule has 0 aliphatic rings. The minimum absolute atomic E-state index is 0.222. The zero-order valence-corrected chi connectivity index (χ0v) is 11.0. The van der Waals surface area contributed by atoms with Gasteiger partial charge in [0, 0.05) is 9.79 Å². The van der Waals surface area contributed by atoms with Gasteiger partial charge in [-0.25, -0.2) is 4.39 Å². The Morgan fingerprint density at radius 2 is 1.50 bits per heavy atom. The number of hydrogen-bond acceptors (Lipinski definition) is 2. The van der Waals surface area contributed by atoms with Gasteiger partial charge in [0.15, 0.2) is 0 Å². The largest absolute Gasteiger partial charge is 0.388 e. The second-order valence-corrected chi connectivity index (χ2v) is 5.20. The van der Waals surface area contributed by atoms with Crippen LogP contribution >= 0.6 is 11.8 Å². The van der Waals surface area contributed by atoms with Crippen LogP contribution in [0, 0.1) is 5.82 Å². The van der Waals surface area contributed by atoms with Crippen LogP contribution in [0.3, 0.4) is 0 Å². The van der Waals surface area contributed by atoms with E-state index in [1.807, 2.05) is 31.2 Å². The van der Waals surface area contributed by atoms with E-state index < -0.39 is 6.10 Å². The molecule has 0 aromatic heterocycles. The summed E-state index contributed by atoms with van der Waals surface area (Å²) in [5, 5.41) is 9.69. The fourth-order valence-corrected chi connectivity index (χ4v) is 2.45. The number of benzene rings is 2. The Morgan fingerprint density at radius 3 is 2.00 bits per heavy atom. The average molecular weight is 262 g/mol. The Balaban J connectivity index is 2.08. The molecule has 0 radical (unpaired) electrons. The lowest BCUT2D eigenvalue weighted by Crippen LogP contribution is -1.93. The Bertz CT molecular complexity index is 493. The van der Waals surface area contributed by atoms with Crippen LogP contribution in [0.4, 0.5) is 4.39 Å². The molecule has 0 heterocycles. The lowest BCUT2D eigenvalue weighted by molar-refractivity contribution is 0.173. The van der Waals surface area contributed by atoms with E-state index in [-0.39, 0.29) is 5.82 Å². The molecule has 0 aliphatic carbocycles. The molecule has 0 saturated heterocycles. The van der Waals surface area contributed by atoms with Gasteiger partial charge in [-0.1, -0.05) is 30.8 Å². The van der Waals surface area contributed by atoms with Crippen molar-refractivity contribution in [2.75, 3.05) is 0 Å². The van der Waals surface area contributed by atoms with Gasteiger partial charge >= 0.3 is 0 Å². The maximum absolute atomic E-state index is 12.8. The summed E-state index contributed by atoms with van der Waals surface area (Å²) in [6, 6.07) is 14.2. The van der Waals surface area contributed by atoms with E-state index in [4.69, 9.17) is 0 Å². The number of halogens is 1. The van der Waals surface area contributed by atoms with Crippen molar-refractivity contribution in [3.05, 3.63) is 59.9 Å². The fraction of sp³-hybridized carbons (Fsp3) is 0.200. The van der Waals surface area contributed by atoms with Crippen LogP contribution in [0.25, 0.3) is 0 Å². The van der Waals surface area contributed by atoms with Crippen LogP contribution in [0.5, 0.6) is 0 Å². The minimum Gasteiger partial charge on any atom is -0.388 e. The van der Waals surface area contributed by atoms with E-state index in [2.05, 4.69) is 0 Å². The predicted molar refractivity (Wildman–Crippen MR) is 72.2 cm³/mol. The molecular formula is C15H15FOS. The number of hydrogen-bond donors (Lipinski definition) is 1. The highest BCUT2D eigenvalue weighted by atomic mass is 32.2. The summed E-state index contributed by atoms with van der Waals surface area (Å²) in [5.74, 6) is -0.222. The van der Waals surface area contributed by atoms with Crippen LogP contribution in [-0.4, -0.2) is 5.11 Å². The van der Waals surface area contributed by atoms with E-state index in [0.717, 1.165) is 15.4 Å². The molecule has 0 fully saturated rings. The van der Waals surface area contributed by atoms with Crippen LogP contribution in [0.1, 0.15) is 25.0 Å².